The first-order valence-corrected chi connectivity index (χ1v) is 13.6. The van der Waals surface area contributed by atoms with Crippen molar-refractivity contribution in [1.82, 2.24) is 0 Å². The van der Waals surface area contributed by atoms with E-state index in [2.05, 4.69) is 142 Å². The first-order chi connectivity index (χ1) is 16.5. The van der Waals surface area contributed by atoms with Gasteiger partial charge in [-0.3, -0.25) is 0 Å². The van der Waals surface area contributed by atoms with E-state index in [1.165, 1.54) is 50.6 Å². The number of benzene rings is 2. The smallest absolute Gasteiger partial charge is 0.0486 e. The lowest BCUT2D eigenvalue weighted by Crippen LogP contribution is -2.50. The predicted molar refractivity (Wildman–Crippen MR) is 158 cm³/mol. The molecule has 0 fully saturated rings. The Morgan fingerprint density at radius 2 is 1.11 bits per heavy atom. The molecule has 36 heavy (non-hydrogen) atoms. The van der Waals surface area contributed by atoms with Gasteiger partial charge in [0.1, 0.15) is 0 Å². The van der Waals surface area contributed by atoms with Crippen molar-refractivity contribution in [2.24, 2.45) is 10.8 Å². The van der Waals surface area contributed by atoms with Crippen molar-refractivity contribution in [3.05, 3.63) is 81.7 Å². The van der Waals surface area contributed by atoms with Crippen LogP contribution < -0.4 is 9.80 Å². The summed E-state index contributed by atoms with van der Waals surface area (Å²) >= 11 is 0. The molecule has 2 heteroatoms. The average Bonchev–Trinajstić information content (AvgIpc) is 2.99. The number of rotatable bonds is 4. The first kappa shape index (κ1) is 26.6. The molecule has 0 saturated heterocycles. The van der Waals surface area contributed by atoms with Crippen molar-refractivity contribution in [3.63, 3.8) is 0 Å². The van der Waals surface area contributed by atoms with Crippen LogP contribution in [0.15, 0.2) is 65.0 Å². The third-order valence-electron chi connectivity index (χ3n) is 10.9. The molecule has 0 radical (unpaired) electrons. The largest absolute Gasteiger partial charge is 0.339 e. The van der Waals surface area contributed by atoms with Gasteiger partial charge in [-0.15, -0.1) is 0 Å². The third kappa shape index (κ3) is 3.43. The Hall–Kier alpha value is -2.48. The molecule has 1 atom stereocenters. The minimum Gasteiger partial charge on any atom is -0.339 e. The summed E-state index contributed by atoms with van der Waals surface area (Å²) in [5.74, 6) is 0. The van der Waals surface area contributed by atoms with Gasteiger partial charge in [0.2, 0.25) is 0 Å². The van der Waals surface area contributed by atoms with Crippen LogP contribution in [0.5, 0.6) is 0 Å². The fourth-order valence-corrected chi connectivity index (χ4v) is 7.27. The lowest BCUT2D eigenvalue weighted by molar-refractivity contribution is 0.243. The van der Waals surface area contributed by atoms with Crippen LogP contribution in [0.4, 0.5) is 11.4 Å². The van der Waals surface area contributed by atoms with Crippen molar-refractivity contribution in [1.29, 1.82) is 0 Å². The molecule has 4 rings (SSSR count). The Labute approximate surface area is 221 Å². The highest BCUT2D eigenvalue weighted by atomic mass is 15.3. The Morgan fingerprint density at radius 3 is 1.58 bits per heavy atom. The average molecular weight is 485 g/mol. The minimum absolute atomic E-state index is 0.0181. The van der Waals surface area contributed by atoms with Gasteiger partial charge in [-0.1, -0.05) is 51.1 Å². The lowest BCUT2D eigenvalue weighted by Gasteiger charge is -2.46. The standard InChI is InChI=1S/C34H48N2/c1-22-19-28(20-23(2)30(22)36-26(5)24(3)31(7,8)32(36,9)10)21-34(13)25(4)27(6)35(33(34,11)12)29-17-15-14-16-18-29/h14-20H,21H2,1-13H3. The van der Waals surface area contributed by atoms with Crippen LogP contribution >= 0.6 is 0 Å². The van der Waals surface area contributed by atoms with E-state index in [-0.39, 0.29) is 21.9 Å². The van der Waals surface area contributed by atoms with E-state index in [1.54, 1.807) is 0 Å². The van der Waals surface area contributed by atoms with Crippen LogP contribution in [0.1, 0.15) is 92.9 Å². The van der Waals surface area contributed by atoms with Gasteiger partial charge in [-0.05, 0) is 116 Å². The lowest BCUT2D eigenvalue weighted by atomic mass is 9.66. The van der Waals surface area contributed by atoms with Crippen LogP contribution in [0, 0.1) is 24.7 Å². The highest BCUT2D eigenvalue weighted by Crippen LogP contribution is 2.56. The van der Waals surface area contributed by atoms with E-state index in [0.717, 1.165) is 6.42 Å². The van der Waals surface area contributed by atoms with Crippen molar-refractivity contribution in [2.45, 2.75) is 108 Å². The number of aryl methyl sites for hydroxylation is 2. The summed E-state index contributed by atoms with van der Waals surface area (Å²) in [6.07, 6.45) is 1.03. The van der Waals surface area contributed by atoms with E-state index >= 15 is 0 Å². The topological polar surface area (TPSA) is 6.48 Å². The zero-order valence-corrected chi connectivity index (χ0v) is 25.1. The Morgan fingerprint density at radius 1 is 0.611 bits per heavy atom. The van der Waals surface area contributed by atoms with E-state index in [0.29, 0.717) is 0 Å². The number of anilines is 2. The Kier molecular flexibility index (Phi) is 6.10. The van der Waals surface area contributed by atoms with Crippen LogP contribution in [0.3, 0.4) is 0 Å². The monoisotopic (exact) mass is 484 g/mol. The van der Waals surface area contributed by atoms with Crippen molar-refractivity contribution in [2.75, 3.05) is 9.80 Å². The van der Waals surface area contributed by atoms with Gasteiger partial charge >= 0.3 is 0 Å². The van der Waals surface area contributed by atoms with Crippen LogP contribution in [-0.4, -0.2) is 11.1 Å². The highest BCUT2D eigenvalue weighted by molar-refractivity contribution is 5.69. The quantitative estimate of drug-likeness (QED) is 0.426. The van der Waals surface area contributed by atoms with Crippen molar-refractivity contribution in [3.8, 4) is 0 Å². The maximum absolute atomic E-state index is 2.62. The minimum atomic E-state index is -0.0413. The van der Waals surface area contributed by atoms with Gasteiger partial charge in [-0.25, -0.2) is 0 Å². The highest BCUT2D eigenvalue weighted by Gasteiger charge is 2.53. The van der Waals surface area contributed by atoms with Crippen LogP contribution in [0.2, 0.25) is 0 Å². The number of allylic oxidation sites excluding steroid dienone is 2. The number of nitrogens with zero attached hydrogens (tertiary/aromatic N) is 2. The molecule has 2 nitrogen and oxygen atoms in total. The molecular weight excluding hydrogens is 436 g/mol. The molecular formula is C34H48N2. The zero-order valence-electron chi connectivity index (χ0n) is 25.1. The number of hydrogen-bond donors (Lipinski definition) is 0. The van der Waals surface area contributed by atoms with Gasteiger partial charge in [0.15, 0.2) is 0 Å². The van der Waals surface area contributed by atoms with Gasteiger partial charge in [-0.2, -0.15) is 0 Å². The molecule has 0 saturated carbocycles. The summed E-state index contributed by atoms with van der Waals surface area (Å²) in [5.41, 5.74) is 12.7. The van der Waals surface area contributed by atoms with Gasteiger partial charge in [0.25, 0.3) is 0 Å². The number of para-hydroxylation sites is 1. The second-order valence-corrected chi connectivity index (χ2v) is 13.3. The summed E-state index contributed by atoms with van der Waals surface area (Å²) in [5, 5.41) is 0. The van der Waals surface area contributed by atoms with Crippen molar-refractivity contribution < 1.29 is 0 Å². The van der Waals surface area contributed by atoms with Crippen LogP contribution in [0.25, 0.3) is 0 Å². The summed E-state index contributed by atoms with van der Waals surface area (Å²) < 4.78 is 0. The summed E-state index contributed by atoms with van der Waals surface area (Å²) in [6.45, 7) is 30.8. The zero-order chi connectivity index (χ0) is 27.0. The predicted octanol–water partition coefficient (Wildman–Crippen LogP) is 9.36. The first-order valence-electron chi connectivity index (χ1n) is 13.6. The maximum atomic E-state index is 2.62. The molecule has 1 unspecified atom stereocenters. The Balaban J connectivity index is 1.75. The summed E-state index contributed by atoms with van der Waals surface area (Å²) in [7, 11) is 0. The molecule has 0 amide bonds. The van der Waals surface area contributed by atoms with Crippen molar-refractivity contribution >= 4 is 11.4 Å². The molecule has 0 aromatic heterocycles. The van der Waals surface area contributed by atoms with Gasteiger partial charge in [0.05, 0.1) is 0 Å². The Bertz CT molecular complexity index is 1230. The van der Waals surface area contributed by atoms with Gasteiger partial charge < -0.3 is 9.80 Å². The van der Waals surface area contributed by atoms with Gasteiger partial charge in [0, 0.05) is 44.7 Å². The normalized spacial score (nSPS) is 24.8. The maximum Gasteiger partial charge on any atom is 0.0486 e. The fourth-order valence-electron chi connectivity index (χ4n) is 7.27. The second-order valence-electron chi connectivity index (χ2n) is 13.3. The fraction of sp³-hybridized carbons (Fsp3) is 0.529. The molecule has 0 N–H and O–H groups in total. The molecule has 0 spiro atoms. The van der Waals surface area contributed by atoms with E-state index in [4.69, 9.17) is 0 Å². The molecule has 2 heterocycles. The summed E-state index contributed by atoms with van der Waals surface area (Å²) in [4.78, 5) is 5.17. The summed E-state index contributed by atoms with van der Waals surface area (Å²) in [6, 6.07) is 15.8. The SMILES string of the molecule is CC1=C(C)C(C)(C)C(C)(C)N1c1c(C)cc(CC2(C)C(C)=C(C)N(c3ccccc3)C2(C)C)cc1C. The molecule has 2 aliphatic rings. The second kappa shape index (κ2) is 8.27. The molecule has 194 valence electrons. The van der Waals surface area contributed by atoms with E-state index < -0.39 is 0 Å². The molecule has 2 aromatic carbocycles. The molecule has 2 aromatic rings. The molecule has 0 bridgehead atoms. The van der Waals surface area contributed by atoms with E-state index in [1.807, 2.05) is 0 Å². The van der Waals surface area contributed by atoms with Crippen LogP contribution in [-0.2, 0) is 6.42 Å². The number of hydrogen-bond acceptors (Lipinski definition) is 2. The molecule has 2 aliphatic heterocycles. The third-order valence-corrected chi connectivity index (χ3v) is 10.9. The molecule has 0 aliphatic carbocycles. The van der Waals surface area contributed by atoms with E-state index in [9.17, 15) is 0 Å².